The molecular formula is C16H25Cl2N3O. The number of likely N-dealkylation sites (tertiary alicyclic amines) is 1. The molecule has 1 aliphatic heterocycles. The van der Waals surface area contributed by atoms with Crippen LogP contribution >= 0.6 is 24.8 Å². The van der Waals surface area contributed by atoms with Gasteiger partial charge in [-0.1, -0.05) is 30.3 Å². The first kappa shape index (κ1) is 19.2. The van der Waals surface area contributed by atoms with Gasteiger partial charge in [0.2, 0.25) is 5.91 Å². The zero-order valence-corrected chi connectivity index (χ0v) is 14.2. The summed E-state index contributed by atoms with van der Waals surface area (Å²) in [6, 6.07) is 10.6. The highest BCUT2D eigenvalue weighted by Gasteiger charge is 2.35. The molecular weight excluding hydrogens is 321 g/mol. The Morgan fingerprint density at radius 1 is 1.23 bits per heavy atom. The zero-order valence-electron chi connectivity index (χ0n) is 12.6. The van der Waals surface area contributed by atoms with Gasteiger partial charge in [-0.15, -0.1) is 24.8 Å². The Balaban J connectivity index is 0.00000121. The Morgan fingerprint density at radius 3 is 2.55 bits per heavy atom. The van der Waals surface area contributed by atoms with Gasteiger partial charge in [-0.3, -0.25) is 9.69 Å². The molecule has 0 bridgehead atoms. The summed E-state index contributed by atoms with van der Waals surface area (Å²) in [7, 11) is 0. The lowest BCUT2D eigenvalue weighted by Crippen LogP contribution is -2.47. The normalized spacial score (nSPS) is 22.3. The highest BCUT2D eigenvalue weighted by atomic mass is 35.5. The number of benzene rings is 1. The Hall–Kier alpha value is -0.810. The van der Waals surface area contributed by atoms with Gasteiger partial charge in [-0.25, -0.2) is 0 Å². The summed E-state index contributed by atoms with van der Waals surface area (Å²) in [5.74, 6) is -0.0171. The molecule has 3 rings (SSSR count). The fraction of sp³-hybridized carbons (Fsp3) is 0.562. The number of hydrogen-bond acceptors (Lipinski definition) is 3. The molecule has 2 aliphatic rings. The van der Waals surface area contributed by atoms with Gasteiger partial charge in [0.25, 0.3) is 0 Å². The van der Waals surface area contributed by atoms with Gasteiger partial charge in [0, 0.05) is 25.2 Å². The Bertz CT molecular complexity index is 468. The van der Waals surface area contributed by atoms with Gasteiger partial charge >= 0.3 is 0 Å². The van der Waals surface area contributed by atoms with Crippen LogP contribution in [0.25, 0.3) is 0 Å². The standard InChI is InChI=1S/C16H23N3O.2ClH/c17-15(10-12-4-2-1-3-5-12)16(20)18-13-8-9-19(11-13)14-6-7-14;;/h1-5,13-15H,6-11,17H2,(H,18,20);2*1H. The zero-order chi connectivity index (χ0) is 13.9. The second-order valence-corrected chi connectivity index (χ2v) is 6.02. The smallest absolute Gasteiger partial charge is 0.237 e. The predicted molar refractivity (Wildman–Crippen MR) is 93.8 cm³/mol. The molecule has 2 fully saturated rings. The first-order chi connectivity index (χ1) is 9.72. The Labute approximate surface area is 144 Å². The van der Waals surface area contributed by atoms with Gasteiger partial charge in [0.1, 0.15) is 0 Å². The SMILES string of the molecule is Cl.Cl.NC(Cc1ccccc1)C(=O)NC1CCN(C2CC2)C1. The largest absolute Gasteiger partial charge is 0.351 e. The minimum Gasteiger partial charge on any atom is -0.351 e. The number of nitrogens with one attached hydrogen (secondary N) is 1. The third-order valence-electron chi connectivity index (χ3n) is 4.26. The van der Waals surface area contributed by atoms with Crippen molar-refractivity contribution in [2.45, 2.75) is 43.8 Å². The van der Waals surface area contributed by atoms with Crippen molar-refractivity contribution >= 4 is 30.7 Å². The summed E-state index contributed by atoms with van der Waals surface area (Å²) in [4.78, 5) is 14.6. The number of halogens is 2. The lowest BCUT2D eigenvalue weighted by atomic mass is 10.1. The molecule has 2 unspecified atom stereocenters. The molecule has 0 spiro atoms. The minimum atomic E-state index is -0.452. The molecule has 0 aromatic heterocycles. The minimum absolute atomic E-state index is 0. The number of amides is 1. The third kappa shape index (κ3) is 5.13. The molecule has 0 radical (unpaired) electrons. The highest BCUT2D eigenvalue weighted by Crippen LogP contribution is 2.29. The van der Waals surface area contributed by atoms with E-state index in [9.17, 15) is 4.79 Å². The number of nitrogens with zero attached hydrogens (tertiary/aromatic N) is 1. The van der Waals surface area contributed by atoms with E-state index in [-0.39, 0.29) is 36.8 Å². The van der Waals surface area contributed by atoms with Gasteiger partial charge in [-0.2, -0.15) is 0 Å². The molecule has 1 saturated carbocycles. The van der Waals surface area contributed by atoms with Crippen LogP contribution in [-0.2, 0) is 11.2 Å². The lowest BCUT2D eigenvalue weighted by Gasteiger charge is -2.18. The van der Waals surface area contributed by atoms with Crippen LogP contribution in [-0.4, -0.2) is 42.0 Å². The van der Waals surface area contributed by atoms with E-state index in [0.717, 1.165) is 31.1 Å². The number of carbonyl (C=O) groups is 1. The topological polar surface area (TPSA) is 58.4 Å². The summed E-state index contributed by atoms with van der Waals surface area (Å²) in [6.07, 6.45) is 4.31. The van der Waals surface area contributed by atoms with Crippen molar-refractivity contribution in [2.24, 2.45) is 5.73 Å². The molecule has 3 N–H and O–H groups in total. The van der Waals surface area contributed by atoms with E-state index in [1.807, 2.05) is 30.3 Å². The quantitative estimate of drug-likeness (QED) is 0.854. The van der Waals surface area contributed by atoms with Crippen molar-refractivity contribution in [1.29, 1.82) is 0 Å². The molecule has 22 heavy (non-hydrogen) atoms. The maximum absolute atomic E-state index is 12.1. The number of carbonyl (C=O) groups excluding carboxylic acids is 1. The van der Waals surface area contributed by atoms with Crippen molar-refractivity contribution in [1.82, 2.24) is 10.2 Å². The number of hydrogen-bond donors (Lipinski definition) is 2. The first-order valence-corrected chi connectivity index (χ1v) is 7.56. The summed E-state index contributed by atoms with van der Waals surface area (Å²) in [5, 5.41) is 3.11. The molecule has 4 nitrogen and oxygen atoms in total. The maximum atomic E-state index is 12.1. The van der Waals surface area contributed by atoms with Gasteiger partial charge < -0.3 is 11.1 Å². The molecule has 1 amide bonds. The fourth-order valence-electron chi connectivity index (χ4n) is 2.95. The van der Waals surface area contributed by atoms with Crippen LogP contribution in [0, 0.1) is 0 Å². The lowest BCUT2D eigenvalue weighted by molar-refractivity contribution is -0.123. The molecule has 1 aliphatic carbocycles. The average molecular weight is 346 g/mol. The van der Waals surface area contributed by atoms with Crippen LogP contribution < -0.4 is 11.1 Å². The van der Waals surface area contributed by atoms with Crippen molar-refractivity contribution in [3.8, 4) is 0 Å². The molecule has 2 atom stereocenters. The molecule has 1 aromatic rings. The van der Waals surface area contributed by atoms with Crippen LogP contribution in [0.1, 0.15) is 24.8 Å². The molecule has 6 heteroatoms. The molecule has 1 saturated heterocycles. The maximum Gasteiger partial charge on any atom is 0.237 e. The fourth-order valence-corrected chi connectivity index (χ4v) is 2.95. The van der Waals surface area contributed by atoms with Crippen LogP contribution in [0.4, 0.5) is 0 Å². The summed E-state index contributed by atoms with van der Waals surface area (Å²) in [6.45, 7) is 2.11. The molecule has 124 valence electrons. The second kappa shape index (κ2) is 8.73. The first-order valence-electron chi connectivity index (χ1n) is 7.56. The van der Waals surface area contributed by atoms with E-state index in [2.05, 4.69) is 10.2 Å². The summed E-state index contributed by atoms with van der Waals surface area (Å²) >= 11 is 0. The van der Waals surface area contributed by atoms with E-state index >= 15 is 0 Å². The van der Waals surface area contributed by atoms with Crippen LogP contribution in [0.5, 0.6) is 0 Å². The molecule has 1 aromatic carbocycles. The van der Waals surface area contributed by atoms with Crippen molar-refractivity contribution < 1.29 is 4.79 Å². The number of nitrogens with two attached hydrogens (primary N) is 1. The molecule has 1 heterocycles. The average Bonchev–Trinajstić information content (AvgIpc) is 3.20. The van der Waals surface area contributed by atoms with Crippen molar-refractivity contribution in [2.75, 3.05) is 13.1 Å². The number of rotatable bonds is 5. The summed E-state index contributed by atoms with van der Waals surface area (Å²) in [5.41, 5.74) is 7.12. The van der Waals surface area contributed by atoms with Crippen LogP contribution in [0.15, 0.2) is 30.3 Å². The highest BCUT2D eigenvalue weighted by molar-refractivity contribution is 5.85. The second-order valence-electron chi connectivity index (χ2n) is 6.02. The summed E-state index contributed by atoms with van der Waals surface area (Å²) < 4.78 is 0. The van der Waals surface area contributed by atoms with E-state index in [1.54, 1.807) is 0 Å². The van der Waals surface area contributed by atoms with Gasteiger partial charge in [0.05, 0.1) is 6.04 Å². The van der Waals surface area contributed by atoms with E-state index < -0.39 is 6.04 Å². The van der Waals surface area contributed by atoms with Crippen molar-refractivity contribution in [3.63, 3.8) is 0 Å². The predicted octanol–water partition coefficient (Wildman–Crippen LogP) is 1.75. The van der Waals surface area contributed by atoms with Gasteiger partial charge in [-0.05, 0) is 31.2 Å². The van der Waals surface area contributed by atoms with Gasteiger partial charge in [0.15, 0.2) is 0 Å². The monoisotopic (exact) mass is 345 g/mol. The van der Waals surface area contributed by atoms with Crippen LogP contribution in [0.2, 0.25) is 0 Å². The third-order valence-corrected chi connectivity index (χ3v) is 4.26. The van der Waals surface area contributed by atoms with E-state index in [0.29, 0.717) is 6.42 Å². The van der Waals surface area contributed by atoms with E-state index in [1.165, 1.54) is 12.8 Å². The Morgan fingerprint density at radius 2 is 1.91 bits per heavy atom. The van der Waals surface area contributed by atoms with Crippen molar-refractivity contribution in [3.05, 3.63) is 35.9 Å². The van der Waals surface area contributed by atoms with Crippen LogP contribution in [0.3, 0.4) is 0 Å². The van der Waals surface area contributed by atoms with E-state index in [4.69, 9.17) is 5.73 Å². The Kier molecular flexibility index (Phi) is 7.63.